The molecule has 10 heteroatoms. The lowest BCUT2D eigenvalue weighted by Gasteiger charge is -2.18. The molecule has 2 atom stereocenters. The number of thioether (sulfide) groups is 1. The summed E-state index contributed by atoms with van der Waals surface area (Å²) in [7, 11) is 0. The Morgan fingerprint density at radius 1 is 1.12 bits per heavy atom. The molecule has 2 aromatic rings. The van der Waals surface area contributed by atoms with Gasteiger partial charge < -0.3 is 20.5 Å². The Balaban J connectivity index is 1.34. The number of carboxylic acids is 1. The normalized spacial score (nSPS) is 19.6. The van der Waals surface area contributed by atoms with Crippen molar-refractivity contribution in [3.05, 3.63) is 64.6 Å². The van der Waals surface area contributed by atoms with E-state index in [2.05, 4.69) is 16.0 Å². The monoisotopic (exact) mass is 481 g/mol. The summed E-state index contributed by atoms with van der Waals surface area (Å²) in [6.07, 6.45) is 3.39. The molecule has 2 fully saturated rings. The third kappa shape index (κ3) is 6.03. The van der Waals surface area contributed by atoms with Crippen LogP contribution in [-0.4, -0.2) is 46.8 Å². The molecule has 0 spiro atoms. The van der Waals surface area contributed by atoms with Crippen molar-refractivity contribution < 1.29 is 29.0 Å². The van der Waals surface area contributed by atoms with E-state index in [9.17, 15) is 24.3 Å². The minimum Gasteiger partial charge on any atom is -0.480 e. The Morgan fingerprint density at radius 3 is 2.35 bits per heavy atom. The lowest BCUT2D eigenvalue weighted by Crippen LogP contribution is -2.49. The first kappa shape index (κ1) is 23.5. The molecule has 0 aromatic heterocycles. The van der Waals surface area contributed by atoms with Gasteiger partial charge in [0.25, 0.3) is 11.1 Å². The third-order valence-electron chi connectivity index (χ3n) is 5.41. The predicted octanol–water partition coefficient (Wildman–Crippen LogP) is 2.67. The Hall–Kier alpha value is -3.63. The number of ether oxygens (including phenoxy) is 1. The first-order valence-corrected chi connectivity index (χ1v) is 11.6. The first-order chi connectivity index (χ1) is 16.4. The van der Waals surface area contributed by atoms with Crippen molar-refractivity contribution in [1.82, 2.24) is 16.0 Å². The van der Waals surface area contributed by atoms with Crippen LogP contribution >= 0.6 is 11.8 Å². The minimum atomic E-state index is -1.08. The van der Waals surface area contributed by atoms with Crippen molar-refractivity contribution in [3.8, 4) is 11.5 Å². The van der Waals surface area contributed by atoms with Gasteiger partial charge >= 0.3 is 5.97 Å². The number of carboxylic acid groups (broad SMARTS) is 1. The molecule has 9 nitrogen and oxygen atoms in total. The van der Waals surface area contributed by atoms with Crippen LogP contribution in [0.1, 0.15) is 24.0 Å². The van der Waals surface area contributed by atoms with Gasteiger partial charge in [-0.25, -0.2) is 4.79 Å². The molecular formula is C24H23N3O6S. The fourth-order valence-electron chi connectivity index (χ4n) is 3.65. The third-order valence-corrected chi connectivity index (χ3v) is 6.22. The van der Waals surface area contributed by atoms with Crippen molar-refractivity contribution in [3.63, 3.8) is 0 Å². The molecule has 2 saturated heterocycles. The van der Waals surface area contributed by atoms with E-state index < -0.39 is 17.9 Å². The van der Waals surface area contributed by atoms with Gasteiger partial charge in [-0.3, -0.25) is 19.7 Å². The van der Waals surface area contributed by atoms with Crippen LogP contribution in [0.4, 0.5) is 4.79 Å². The van der Waals surface area contributed by atoms with Crippen molar-refractivity contribution in [1.29, 1.82) is 0 Å². The highest BCUT2D eigenvalue weighted by atomic mass is 32.2. The van der Waals surface area contributed by atoms with Gasteiger partial charge in [0.05, 0.1) is 10.9 Å². The highest BCUT2D eigenvalue weighted by Crippen LogP contribution is 2.27. The number of hydrogen-bond acceptors (Lipinski definition) is 7. The number of carbonyl (C=O) groups is 4. The van der Waals surface area contributed by atoms with Crippen LogP contribution in [-0.2, 0) is 20.8 Å². The first-order valence-electron chi connectivity index (χ1n) is 10.8. The zero-order valence-corrected chi connectivity index (χ0v) is 18.9. The molecular weight excluding hydrogens is 458 g/mol. The van der Waals surface area contributed by atoms with Gasteiger partial charge in [-0.15, -0.1) is 0 Å². The number of rotatable bonds is 8. The van der Waals surface area contributed by atoms with Crippen molar-refractivity contribution in [2.24, 2.45) is 0 Å². The van der Waals surface area contributed by atoms with Gasteiger partial charge in [0.2, 0.25) is 5.91 Å². The van der Waals surface area contributed by atoms with Crippen LogP contribution in [0.15, 0.2) is 53.4 Å². The molecule has 2 aliphatic rings. The number of nitrogens with one attached hydrogen (secondary N) is 3. The molecule has 2 aromatic carbocycles. The maximum absolute atomic E-state index is 12.3. The zero-order valence-electron chi connectivity index (χ0n) is 18.1. The SMILES string of the molecule is O=C1NC(=O)C(=Cc2ccc(Oc3ccc(CC(NC(=O)C4CCCN4)C(=O)O)cc3)cc2)S1. The van der Waals surface area contributed by atoms with E-state index in [1.165, 1.54) is 0 Å². The number of aliphatic carboxylic acids is 1. The van der Waals surface area contributed by atoms with Crippen molar-refractivity contribution in [2.45, 2.75) is 31.3 Å². The van der Waals surface area contributed by atoms with Crippen molar-refractivity contribution >= 4 is 40.9 Å². The number of amides is 3. The smallest absolute Gasteiger partial charge is 0.326 e. The predicted molar refractivity (Wildman–Crippen MR) is 126 cm³/mol. The van der Waals surface area contributed by atoms with Crippen LogP contribution in [0.25, 0.3) is 6.08 Å². The average Bonchev–Trinajstić information content (AvgIpc) is 3.45. The Kier molecular flexibility index (Phi) is 7.29. The Bertz CT molecular complexity index is 1120. The van der Waals surface area contributed by atoms with Crippen LogP contribution in [0.5, 0.6) is 11.5 Å². The number of hydrogen-bond donors (Lipinski definition) is 4. The molecule has 34 heavy (non-hydrogen) atoms. The maximum Gasteiger partial charge on any atom is 0.326 e. The largest absolute Gasteiger partial charge is 0.480 e. The molecule has 0 bridgehead atoms. The second-order valence-corrected chi connectivity index (χ2v) is 8.93. The highest BCUT2D eigenvalue weighted by molar-refractivity contribution is 8.18. The molecule has 2 unspecified atom stereocenters. The highest BCUT2D eigenvalue weighted by Gasteiger charge is 2.27. The molecule has 3 amide bonds. The average molecular weight is 482 g/mol. The summed E-state index contributed by atoms with van der Waals surface area (Å²) >= 11 is 0.859. The van der Waals surface area contributed by atoms with Crippen LogP contribution < -0.4 is 20.7 Å². The van der Waals surface area contributed by atoms with Gasteiger partial charge in [-0.05, 0) is 72.6 Å². The molecule has 0 aliphatic carbocycles. The molecule has 176 valence electrons. The topological polar surface area (TPSA) is 134 Å². The molecule has 2 heterocycles. The lowest BCUT2D eigenvalue weighted by atomic mass is 10.1. The number of carbonyl (C=O) groups excluding carboxylic acids is 3. The van der Waals surface area contributed by atoms with Crippen LogP contribution in [0, 0.1) is 0 Å². The summed E-state index contributed by atoms with van der Waals surface area (Å²) in [6, 6.07) is 12.7. The fraction of sp³-hybridized carbons (Fsp3) is 0.250. The second kappa shape index (κ2) is 10.5. The summed E-state index contributed by atoms with van der Waals surface area (Å²) in [4.78, 5) is 47.1. The van der Waals surface area contributed by atoms with E-state index in [1.807, 2.05) is 0 Å². The van der Waals surface area contributed by atoms with Gasteiger partial charge in [0.15, 0.2) is 0 Å². The molecule has 0 saturated carbocycles. The maximum atomic E-state index is 12.3. The molecule has 2 aliphatic heterocycles. The van der Waals surface area contributed by atoms with Crippen molar-refractivity contribution in [2.75, 3.05) is 6.54 Å². The minimum absolute atomic E-state index is 0.158. The Morgan fingerprint density at radius 2 is 1.79 bits per heavy atom. The zero-order chi connectivity index (χ0) is 24.1. The lowest BCUT2D eigenvalue weighted by molar-refractivity contribution is -0.142. The van der Waals surface area contributed by atoms with E-state index in [1.54, 1.807) is 54.6 Å². The van der Waals surface area contributed by atoms with E-state index in [-0.39, 0.29) is 23.6 Å². The molecule has 0 radical (unpaired) electrons. The van der Waals surface area contributed by atoms with E-state index in [0.29, 0.717) is 22.8 Å². The second-order valence-electron chi connectivity index (χ2n) is 7.92. The summed E-state index contributed by atoms with van der Waals surface area (Å²) in [5, 5.41) is 17.0. The summed E-state index contributed by atoms with van der Waals surface area (Å²) in [5.41, 5.74) is 1.51. The Labute approximate surface area is 199 Å². The van der Waals surface area contributed by atoms with Gasteiger partial charge in [0.1, 0.15) is 17.5 Å². The number of benzene rings is 2. The summed E-state index contributed by atoms with van der Waals surface area (Å²) in [5.74, 6) is -0.635. The van der Waals surface area contributed by atoms with E-state index in [4.69, 9.17) is 4.74 Å². The fourth-order valence-corrected chi connectivity index (χ4v) is 4.33. The van der Waals surface area contributed by atoms with Gasteiger partial charge in [-0.1, -0.05) is 24.3 Å². The molecule has 4 rings (SSSR count). The molecule has 4 N–H and O–H groups in total. The number of imide groups is 1. The van der Waals surface area contributed by atoms with E-state index in [0.717, 1.165) is 35.9 Å². The van der Waals surface area contributed by atoms with Crippen LogP contribution in [0.3, 0.4) is 0 Å². The summed E-state index contributed by atoms with van der Waals surface area (Å²) < 4.78 is 5.83. The van der Waals surface area contributed by atoms with Crippen LogP contribution in [0.2, 0.25) is 0 Å². The standard InChI is InChI=1S/C24H23N3O6S/c28-21(18-2-1-11-25-18)26-19(23(30)31)12-14-3-7-16(8-4-14)33-17-9-5-15(6-10-17)13-20-22(29)27-24(32)34-20/h3-10,13,18-19,25H,1-2,11-12H2,(H,26,28)(H,30,31)(H,27,29,32). The van der Waals surface area contributed by atoms with Gasteiger partial charge in [0, 0.05) is 6.42 Å². The van der Waals surface area contributed by atoms with Gasteiger partial charge in [-0.2, -0.15) is 0 Å². The quantitative estimate of drug-likeness (QED) is 0.423. The van der Waals surface area contributed by atoms with E-state index >= 15 is 0 Å². The summed E-state index contributed by atoms with van der Waals surface area (Å²) in [6.45, 7) is 0.759.